The van der Waals surface area contributed by atoms with E-state index in [2.05, 4.69) is 39.3 Å². The van der Waals surface area contributed by atoms with E-state index in [1.165, 1.54) is 19.3 Å². The number of aromatic nitrogens is 3. The zero-order chi connectivity index (χ0) is 20.7. The van der Waals surface area contributed by atoms with Gasteiger partial charge in [-0.2, -0.15) is 0 Å². The first kappa shape index (κ1) is 19.8. The summed E-state index contributed by atoms with van der Waals surface area (Å²) in [7, 11) is 2.19. The Morgan fingerprint density at radius 2 is 1.87 bits per heavy atom. The summed E-state index contributed by atoms with van der Waals surface area (Å²) in [5.74, 6) is 2.01. The van der Waals surface area contributed by atoms with Gasteiger partial charge in [0, 0.05) is 57.4 Å². The Morgan fingerprint density at radius 1 is 1.07 bits per heavy atom. The fourth-order valence-electron chi connectivity index (χ4n) is 5.14. The molecule has 0 aromatic carbocycles. The molecule has 0 spiro atoms. The van der Waals surface area contributed by atoms with Crippen LogP contribution in [0.15, 0.2) is 18.3 Å². The van der Waals surface area contributed by atoms with Gasteiger partial charge in [0.25, 0.3) is 0 Å². The smallest absolute Gasteiger partial charge is 0.321 e. The first-order chi connectivity index (χ1) is 14.6. The average molecular weight is 412 g/mol. The van der Waals surface area contributed by atoms with E-state index in [-0.39, 0.29) is 6.03 Å². The summed E-state index contributed by atoms with van der Waals surface area (Å²) in [5.41, 5.74) is 1.65. The summed E-state index contributed by atoms with van der Waals surface area (Å²) in [6.45, 7) is 8.47. The molecule has 2 saturated heterocycles. The van der Waals surface area contributed by atoms with Gasteiger partial charge in [-0.15, -0.1) is 10.2 Å². The van der Waals surface area contributed by atoms with Crippen LogP contribution in [0.1, 0.15) is 44.3 Å². The van der Waals surface area contributed by atoms with E-state index in [1.807, 2.05) is 27.6 Å². The van der Waals surface area contributed by atoms with Crippen molar-refractivity contribution < 1.29 is 4.79 Å². The van der Waals surface area contributed by atoms with Crippen molar-refractivity contribution in [2.75, 3.05) is 51.6 Å². The second-order valence-corrected chi connectivity index (χ2v) is 9.38. The number of anilines is 1. The molecule has 1 saturated carbocycles. The second kappa shape index (κ2) is 8.15. The van der Waals surface area contributed by atoms with Crippen LogP contribution in [-0.2, 0) is 0 Å². The van der Waals surface area contributed by atoms with Crippen LogP contribution in [0.4, 0.5) is 10.5 Å². The van der Waals surface area contributed by atoms with Crippen molar-refractivity contribution in [1.82, 2.24) is 29.3 Å². The van der Waals surface area contributed by atoms with Gasteiger partial charge in [-0.1, -0.05) is 13.3 Å². The number of urea groups is 1. The highest BCUT2D eigenvalue weighted by molar-refractivity contribution is 5.89. The van der Waals surface area contributed by atoms with Crippen LogP contribution >= 0.6 is 0 Å². The second-order valence-electron chi connectivity index (χ2n) is 9.38. The summed E-state index contributed by atoms with van der Waals surface area (Å²) >= 11 is 0. The van der Waals surface area contributed by atoms with Gasteiger partial charge in [-0.3, -0.25) is 9.30 Å². The first-order valence-corrected chi connectivity index (χ1v) is 11.4. The van der Waals surface area contributed by atoms with Gasteiger partial charge in [0.15, 0.2) is 5.65 Å². The van der Waals surface area contributed by atoms with Gasteiger partial charge in [-0.05, 0) is 44.4 Å². The topological polar surface area (TPSA) is 69.0 Å². The van der Waals surface area contributed by atoms with Gasteiger partial charge < -0.3 is 15.1 Å². The fraction of sp³-hybridized carbons (Fsp3) is 0.682. The lowest BCUT2D eigenvalue weighted by Crippen LogP contribution is -2.56. The molecule has 2 atom stereocenters. The van der Waals surface area contributed by atoms with Crippen LogP contribution in [-0.4, -0.2) is 87.7 Å². The molecule has 2 amide bonds. The zero-order valence-electron chi connectivity index (χ0n) is 18.1. The number of hydrogen-bond donors (Lipinski definition) is 1. The van der Waals surface area contributed by atoms with E-state index in [1.54, 1.807) is 0 Å². The molecule has 2 aromatic heterocycles. The number of nitrogens with one attached hydrogen (secondary N) is 1. The Hall–Kier alpha value is -2.19. The molecule has 4 heterocycles. The van der Waals surface area contributed by atoms with E-state index in [9.17, 15) is 4.79 Å². The third-order valence-corrected chi connectivity index (χ3v) is 7.30. The summed E-state index contributed by atoms with van der Waals surface area (Å²) in [6, 6.07) is 4.44. The molecule has 30 heavy (non-hydrogen) atoms. The Labute approximate surface area is 178 Å². The number of likely N-dealkylation sites (tertiary alicyclic amines) is 1. The van der Waals surface area contributed by atoms with Crippen molar-refractivity contribution in [1.29, 1.82) is 0 Å². The summed E-state index contributed by atoms with van der Waals surface area (Å²) < 4.78 is 2.04. The highest BCUT2D eigenvalue weighted by atomic mass is 16.2. The number of rotatable bonds is 3. The highest BCUT2D eigenvalue weighted by Gasteiger charge is 2.33. The number of carbonyl (C=O) groups excluding carboxylic acids is 1. The van der Waals surface area contributed by atoms with Crippen molar-refractivity contribution in [2.45, 2.75) is 44.6 Å². The standard InChI is InChI=1S/C22H33N7O/c1-16-14-28(9-8-19(16)27-12-10-26(2)11-13-27)22(30)23-18-6-7-20-24-25-21(29(20)15-18)17-4-3-5-17/h6-7,15-17,19H,3-5,8-14H2,1-2H3,(H,23,30). The van der Waals surface area contributed by atoms with Gasteiger partial charge in [-0.25, -0.2) is 4.79 Å². The Balaban J connectivity index is 1.22. The average Bonchev–Trinajstić information content (AvgIpc) is 3.10. The number of piperidine rings is 1. The maximum absolute atomic E-state index is 13.0. The minimum atomic E-state index is -0.00343. The molecule has 162 valence electrons. The van der Waals surface area contributed by atoms with Crippen LogP contribution in [0.5, 0.6) is 0 Å². The SMILES string of the molecule is CC1CN(C(=O)Nc2ccc3nnc(C4CCC4)n3c2)CCC1N1CCN(C)CC1. The minimum absolute atomic E-state index is 0.00343. The number of hydrogen-bond acceptors (Lipinski definition) is 5. The van der Waals surface area contributed by atoms with Gasteiger partial charge in [0.05, 0.1) is 5.69 Å². The van der Waals surface area contributed by atoms with Crippen LogP contribution in [0.3, 0.4) is 0 Å². The Kier molecular flexibility index (Phi) is 5.37. The maximum Gasteiger partial charge on any atom is 0.321 e. The van der Waals surface area contributed by atoms with Crippen LogP contribution in [0.25, 0.3) is 5.65 Å². The number of nitrogens with zero attached hydrogens (tertiary/aromatic N) is 6. The Morgan fingerprint density at radius 3 is 2.57 bits per heavy atom. The van der Waals surface area contributed by atoms with Gasteiger partial charge in [0.1, 0.15) is 5.82 Å². The van der Waals surface area contributed by atoms with Crippen molar-refractivity contribution in [3.8, 4) is 0 Å². The molecule has 3 fully saturated rings. The lowest BCUT2D eigenvalue weighted by Gasteiger charge is -2.45. The van der Waals surface area contributed by atoms with Gasteiger partial charge >= 0.3 is 6.03 Å². The zero-order valence-corrected chi connectivity index (χ0v) is 18.1. The number of amides is 2. The molecule has 0 bridgehead atoms. The molecule has 5 rings (SSSR count). The van der Waals surface area contributed by atoms with Crippen molar-refractivity contribution in [3.05, 3.63) is 24.2 Å². The molecule has 2 aliphatic heterocycles. The van der Waals surface area contributed by atoms with Gasteiger partial charge in [0.2, 0.25) is 0 Å². The molecule has 1 aliphatic carbocycles. The largest absolute Gasteiger partial charge is 0.324 e. The molecule has 1 N–H and O–H groups in total. The van der Waals surface area contributed by atoms with E-state index in [0.717, 1.165) is 62.8 Å². The Bertz CT molecular complexity index is 900. The van der Waals surface area contributed by atoms with Crippen LogP contribution in [0.2, 0.25) is 0 Å². The molecule has 8 nitrogen and oxygen atoms in total. The van der Waals surface area contributed by atoms with Crippen molar-refractivity contribution in [2.24, 2.45) is 5.92 Å². The molecule has 0 radical (unpaired) electrons. The maximum atomic E-state index is 13.0. The quantitative estimate of drug-likeness (QED) is 0.840. The lowest BCUT2D eigenvalue weighted by molar-refractivity contribution is 0.0458. The van der Waals surface area contributed by atoms with E-state index < -0.39 is 0 Å². The predicted octanol–water partition coefficient (Wildman–Crippen LogP) is 2.49. The summed E-state index contributed by atoms with van der Waals surface area (Å²) in [6.07, 6.45) is 6.64. The molecular formula is C22H33N7O. The van der Waals surface area contributed by atoms with Crippen LogP contribution in [0, 0.1) is 5.92 Å². The van der Waals surface area contributed by atoms with E-state index >= 15 is 0 Å². The number of piperazine rings is 1. The number of pyridine rings is 1. The normalized spacial score (nSPS) is 26.7. The van der Waals surface area contributed by atoms with E-state index in [4.69, 9.17) is 0 Å². The third-order valence-electron chi connectivity index (χ3n) is 7.30. The minimum Gasteiger partial charge on any atom is -0.324 e. The lowest BCUT2D eigenvalue weighted by atomic mass is 9.85. The summed E-state index contributed by atoms with van der Waals surface area (Å²) in [4.78, 5) is 19.9. The van der Waals surface area contributed by atoms with Crippen LogP contribution < -0.4 is 5.32 Å². The number of likely N-dealkylation sites (N-methyl/N-ethyl adjacent to an activating group) is 1. The molecule has 2 aromatic rings. The van der Waals surface area contributed by atoms with Crippen molar-refractivity contribution >= 4 is 17.4 Å². The van der Waals surface area contributed by atoms with Crippen molar-refractivity contribution in [3.63, 3.8) is 0 Å². The fourth-order valence-corrected chi connectivity index (χ4v) is 5.14. The predicted molar refractivity (Wildman–Crippen MR) is 117 cm³/mol. The highest BCUT2D eigenvalue weighted by Crippen LogP contribution is 2.35. The monoisotopic (exact) mass is 411 g/mol. The summed E-state index contributed by atoms with van der Waals surface area (Å²) in [5, 5.41) is 11.8. The molecule has 8 heteroatoms. The molecule has 2 unspecified atom stereocenters. The number of fused-ring (bicyclic) bond motifs is 1. The van der Waals surface area contributed by atoms with E-state index in [0.29, 0.717) is 17.9 Å². The molecule has 3 aliphatic rings. The third kappa shape index (κ3) is 3.78. The molecular weight excluding hydrogens is 378 g/mol. The number of carbonyl (C=O) groups is 1. The first-order valence-electron chi connectivity index (χ1n) is 11.4.